The number of benzene rings is 8. The minimum absolute atomic E-state index is 0.242. The fourth-order valence-electron chi connectivity index (χ4n) is 6.00. The second-order valence-corrected chi connectivity index (χ2v) is 10.1. The van der Waals surface area contributed by atoms with Crippen LogP contribution in [-0.4, -0.2) is 16.2 Å². The number of aromatic carboxylic acids is 1. The van der Waals surface area contributed by atoms with Crippen LogP contribution in [0.4, 0.5) is 0 Å². The summed E-state index contributed by atoms with van der Waals surface area (Å²) >= 11 is 0. The average molecular weight is 489 g/mol. The molecule has 0 heterocycles. The third kappa shape index (κ3) is 2.99. The van der Waals surface area contributed by atoms with Crippen LogP contribution in [0.15, 0.2) is 109 Å². The Kier molecular flexibility index (Phi) is 4.11. The topological polar surface area (TPSA) is 57.5 Å². The highest BCUT2D eigenvalue weighted by molar-refractivity contribution is 6.16. The van der Waals surface area contributed by atoms with Crippen molar-refractivity contribution >= 4 is 81.4 Å². The Bertz CT molecular complexity index is 2330. The minimum atomic E-state index is -0.947. The molecule has 0 fully saturated rings. The molecule has 0 bridgehead atoms. The lowest BCUT2D eigenvalue weighted by atomic mass is 9.93. The smallest absolute Gasteiger partial charge is 0.336 e. The highest BCUT2D eigenvalue weighted by Gasteiger charge is 2.13. The van der Waals surface area contributed by atoms with Gasteiger partial charge in [0, 0.05) is 10.8 Å². The normalized spacial score (nSPS) is 12.0. The van der Waals surface area contributed by atoms with Crippen LogP contribution in [0, 0.1) is 0 Å². The highest BCUT2D eigenvalue weighted by Crippen LogP contribution is 2.40. The number of fused-ring (bicyclic) bond motifs is 7. The second-order valence-electron chi connectivity index (χ2n) is 10.1. The lowest BCUT2D eigenvalue weighted by molar-refractivity contribution is 0.0699. The van der Waals surface area contributed by atoms with Crippen molar-refractivity contribution in [2.24, 2.45) is 0 Å². The number of carboxylic acid groups (broad SMARTS) is 1. The summed E-state index contributed by atoms with van der Waals surface area (Å²) in [6.07, 6.45) is 0. The third-order valence-electron chi connectivity index (χ3n) is 7.89. The van der Waals surface area contributed by atoms with E-state index in [0.717, 1.165) is 48.5 Å². The van der Waals surface area contributed by atoms with Crippen LogP contribution in [0.2, 0.25) is 0 Å². The Balaban J connectivity index is 1.41. The van der Waals surface area contributed by atoms with E-state index in [0.29, 0.717) is 5.39 Å². The van der Waals surface area contributed by atoms with Crippen LogP contribution >= 0.6 is 0 Å². The van der Waals surface area contributed by atoms with E-state index in [1.807, 2.05) is 24.3 Å². The predicted octanol–water partition coefficient (Wildman–Crippen LogP) is 9.16. The summed E-state index contributed by atoms with van der Waals surface area (Å²) in [4.78, 5) is 11.8. The molecule has 0 aliphatic carbocycles. The van der Waals surface area contributed by atoms with Crippen molar-refractivity contribution in [1.82, 2.24) is 0 Å². The lowest BCUT2D eigenvalue weighted by Crippen LogP contribution is -1.97. The van der Waals surface area contributed by atoms with E-state index in [1.165, 1.54) is 21.5 Å². The monoisotopic (exact) mass is 488 g/mol. The first-order valence-electron chi connectivity index (χ1n) is 12.6. The van der Waals surface area contributed by atoms with Crippen molar-refractivity contribution < 1.29 is 15.0 Å². The zero-order chi connectivity index (χ0) is 25.5. The van der Waals surface area contributed by atoms with Gasteiger partial charge in [-0.25, -0.2) is 4.79 Å². The number of phenolic OH excluding ortho intramolecular Hbond substituents is 1. The lowest BCUT2D eigenvalue weighted by Gasteiger charge is -2.12. The van der Waals surface area contributed by atoms with Gasteiger partial charge in [0.15, 0.2) is 0 Å². The van der Waals surface area contributed by atoms with Crippen LogP contribution in [0.1, 0.15) is 10.4 Å². The van der Waals surface area contributed by atoms with E-state index in [9.17, 15) is 15.0 Å². The van der Waals surface area contributed by atoms with Gasteiger partial charge < -0.3 is 10.2 Å². The molecule has 8 rings (SSSR count). The summed E-state index contributed by atoms with van der Waals surface area (Å²) in [7, 11) is 0. The van der Waals surface area contributed by atoms with Gasteiger partial charge in [0.25, 0.3) is 0 Å². The number of hydrogen-bond donors (Lipinski definition) is 2. The first-order chi connectivity index (χ1) is 18.5. The molecule has 2 N–H and O–H groups in total. The molecule has 0 unspecified atom stereocenters. The Morgan fingerprint density at radius 3 is 1.39 bits per heavy atom. The molecule has 0 aliphatic rings. The van der Waals surface area contributed by atoms with E-state index in [1.54, 1.807) is 12.1 Å². The largest absolute Gasteiger partial charge is 0.507 e. The first kappa shape index (κ1) is 21.0. The van der Waals surface area contributed by atoms with Gasteiger partial charge in [0.2, 0.25) is 0 Å². The van der Waals surface area contributed by atoms with Crippen molar-refractivity contribution in [2.45, 2.75) is 0 Å². The quantitative estimate of drug-likeness (QED) is 0.227. The molecule has 0 saturated carbocycles. The average Bonchev–Trinajstić information content (AvgIpc) is 2.92. The van der Waals surface area contributed by atoms with Crippen LogP contribution in [0.5, 0.6) is 5.75 Å². The van der Waals surface area contributed by atoms with Gasteiger partial charge >= 0.3 is 5.97 Å². The maximum absolute atomic E-state index is 11.8. The fraction of sp³-hybridized carbons (Fsp3) is 0. The molecular formula is C35H20O3. The zero-order valence-electron chi connectivity index (χ0n) is 20.2. The van der Waals surface area contributed by atoms with Crippen LogP contribution in [0.25, 0.3) is 75.4 Å². The molecule has 8 aromatic rings. The highest BCUT2D eigenvalue weighted by atomic mass is 16.4. The first-order valence-corrected chi connectivity index (χ1v) is 12.6. The maximum atomic E-state index is 11.8. The minimum Gasteiger partial charge on any atom is -0.507 e. The van der Waals surface area contributed by atoms with E-state index >= 15 is 0 Å². The van der Waals surface area contributed by atoms with E-state index in [-0.39, 0.29) is 11.3 Å². The summed E-state index contributed by atoms with van der Waals surface area (Å²) in [6, 6.07) is 36.9. The standard InChI is InChI=1S/C35H20O3/c36-34-32-17-26-12-23-9-20-5-2-1-4-19(20)8-22(23)11-25(26)14-29(32)15-28-13-24-10-21-6-3-7-30(35(37)38)31(21)16-27(24)18-33(28)34/h1-18,36H,(H,37,38). The van der Waals surface area contributed by atoms with Gasteiger partial charge in [-0.15, -0.1) is 0 Å². The number of hydrogen-bond acceptors (Lipinski definition) is 2. The number of rotatable bonds is 1. The van der Waals surface area contributed by atoms with Gasteiger partial charge in [-0.3, -0.25) is 0 Å². The third-order valence-corrected chi connectivity index (χ3v) is 7.89. The summed E-state index contributed by atoms with van der Waals surface area (Å²) in [6.45, 7) is 0. The van der Waals surface area contributed by atoms with Crippen LogP contribution in [0.3, 0.4) is 0 Å². The van der Waals surface area contributed by atoms with Gasteiger partial charge in [0.05, 0.1) is 5.56 Å². The van der Waals surface area contributed by atoms with Crippen LogP contribution < -0.4 is 0 Å². The van der Waals surface area contributed by atoms with Gasteiger partial charge in [-0.2, -0.15) is 0 Å². The molecule has 8 aromatic carbocycles. The maximum Gasteiger partial charge on any atom is 0.336 e. The van der Waals surface area contributed by atoms with E-state index < -0.39 is 5.97 Å². The molecule has 3 nitrogen and oxygen atoms in total. The molecule has 38 heavy (non-hydrogen) atoms. The molecule has 0 amide bonds. The molecule has 0 aromatic heterocycles. The van der Waals surface area contributed by atoms with Crippen molar-refractivity contribution in [3.8, 4) is 5.75 Å². The van der Waals surface area contributed by atoms with E-state index in [2.05, 4.69) is 72.8 Å². The van der Waals surface area contributed by atoms with Crippen molar-refractivity contribution in [3.63, 3.8) is 0 Å². The number of phenols is 1. The molecular weight excluding hydrogens is 468 g/mol. The SMILES string of the molecule is O=C(O)c1cccc2cc3cc4cc5cc6cc7cc8ccccc8cc7cc6cc5c(O)c4cc3cc12. The van der Waals surface area contributed by atoms with Gasteiger partial charge in [-0.1, -0.05) is 36.4 Å². The summed E-state index contributed by atoms with van der Waals surface area (Å²) in [5, 5.41) is 35.1. The Morgan fingerprint density at radius 2 is 0.816 bits per heavy atom. The Morgan fingerprint density at radius 1 is 0.421 bits per heavy atom. The number of aromatic hydroxyl groups is 1. The summed E-state index contributed by atoms with van der Waals surface area (Å²) in [5.74, 6) is -0.705. The van der Waals surface area contributed by atoms with Gasteiger partial charge in [0.1, 0.15) is 5.75 Å². The predicted molar refractivity (Wildman–Crippen MR) is 158 cm³/mol. The second kappa shape index (κ2) is 7.44. The molecule has 0 saturated heterocycles. The summed E-state index contributed by atoms with van der Waals surface area (Å²) in [5.41, 5.74) is 0.277. The number of carbonyl (C=O) groups is 1. The Labute approximate surface area is 216 Å². The molecule has 0 atom stereocenters. The fourth-order valence-corrected chi connectivity index (χ4v) is 6.00. The molecule has 0 aliphatic heterocycles. The molecule has 3 heteroatoms. The van der Waals surface area contributed by atoms with E-state index in [4.69, 9.17) is 0 Å². The Hall–Kier alpha value is -5.15. The molecule has 178 valence electrons. The molecule has 0 spiro atoms. The van der Waals surface area contributed by atoms with Gasteiger partial charge in [-0.05, 0) is 137 Å². The van der Waals surface area contributed by atoms with Crippen LogP contribution in [-0.2, 0) is 0 Å². The van der Waals surface area contributed by atoms with Crippen molar-refractivity contribution in [2.75, 3.05) is 0 Å². The molecule has 0 radical (unpaired) electrons. The number of carboxylic acids is 1. The zero-order valence-corrected chi connectivity index (χ0v) is 20.2. The van der Waals surface area contributed by atoms with Crippen molar-refractivity contribution in [1.29, 1.82) is 0 Å². The summed E-state index contributed by atoms with van der Waals surface area (Å²) < 4.78 is 0. The van der Waals surface area contributed by atoms with Crippen molar-refractivity contribution in [3.05, 3.63) is 115 Å².